The molecule has 0 bridgehead atoms. The van der Waals surface area contributed by atoms with Gasteiger partial charge >= 0.3 is 0 Å². The zero-order chi connectivity index (χ0) is 14.7. The highest BCUT2D eigenvalue weighted by Crippen LogP contribution is 2.16. The molecule has 0 saturated carbocycles. The van der Waals surface area contributed by atoms with Gasteiger partial charge in [-0.25, -0.2) is 0 Å². The fourth-order valence-corrected chi connectivity index (χ4v) is 2.10. The summed E-state index contributed by atoms with van der Waals surface area (Å²) in [4.78, 5) is 12.3. The quantitative estimate of drug-likeness (QED) is 0.838. The third kappa shape index (κ3) is 3.18. The molecule has 0 radical (unpaired) electrons. The van der Waals surface area contributed by atoms with Gasteiger partial charge in [0.2, 0.25) is 0 Å². The second kappa shape index (κ2) is 5.78. The summed E-state index contributed by atoms with van der Waals surface area (Å²) < 4.78 is 0. The van der Waals surface area contributed by atoms with Crippen LogP contribution in [-0.4, -0.2) is 5.91 Å². The van der Waals surface area contributed by atoms with Crippen molar-refractivity contribution < 1.29 is 4.79 Å². The van der Waals surface area contributed by atoms with Gasteiger partial charge in [-0.3, -0.25) is 4.79 Å². The molecule has 1 amide bonds. The largest absolute Gasteiger partial charge is 0.399 e. The summed E-state index contributed by atoms with van der Waals surface area (Å²) in [6, 6.07) is 13.5. The van der Waals surface area contributed by atoms with Crippen LogP contribution in [0.4, 0.5) is 5.69 Å². The van der Waals surface area contributed by atoms with E-state index in [0.29, 0.717) is 11.3 Å². The average Bonchev–Trinajstić information content (AvgIpc) is 2.42. The summed E-state index contributed by atoms with van der Waals surface area (Å²) in [7, 11) is 0. The fourth-order valence-electron chi connectivity index (χ4n) is 2.10. The smallest absolute Gasteiger partial charge is 0.252 e. The molecule has 0 aliphatic rings. The van der Waals surface area contributed by atoms with E-state index in [1.165, 1.54) is 5.56 Å². The van der Waals surface area contributed by atoms with Gasteiger partial charge in [0.05, 0.1) is 6.04 Å². The number of nitrogens with two attached hydrogens (primary N) is 1. The zero-order valence-electron chi connectivity index (χ0n) is 12.1. The van der Waals surface area contributed by atoms with Gasteiger partial charge in [0, 0.05) is 11.3 Å². The highest BCUT2D eigenvalue weighted by atomic mass is 16.1. The molecule has 1 unspecified atom stereocenters. The van der Waals surface area contributed by atoms with Crippen LogP contribution in [0.5, 0.6) is 0 Å². The standard InChI is InChI=1S/C17H20N2O/c1-11-4-7-14(8-5-11)13(3)19-17(20)16-10-15(18)9-6-12(16)2/h4-10,13H,18H2,1-3H3,(H,19,20). The number of nitrogens with one attached hydrogen (secondary N) is 1. The highest BCUT2D eigenvalue weighted by Gasteiger charge is 2.13. The molecule has 1 atom stereocenters. The van der Waals surface area contributed by atoms with Crippen molar-refractivity contribution in [3.8, 4) is 0 Å². The van der Waals surface area contributed by atoms with Crippen LogP contribution < -0.4 is 11.1 Å². The molecule has 0 saturated heterocycles. The first-order valence-electron chi connectivity index (χ1n) is 6.71. The van der Waals surface area contributed by atoms with Gasteiger partial charge in [0.25, 0.3) is 5.91 Å². The van der Waals surface area contributed by atoms with Crippen LogP contribution >= 0.6 is 0 Å². The van der Waals surface area contributed by atoms with E-state index in [1.807, 2.05) is 51.1 Å². The summed E-state index contributed by atoms with van der Waals surface area (Å²) in [5.41, 5.74) is 10.2. The summed E-state index contributed by atoms with van der Waals surface area (Å²) in [6.45, 7) is 5.93. The van der Waals surface area contributed by atoms with Crippen LogP contribution in [0, 0.1) is 13.8 Å². The minimum Gasteiger partial charge on any atom is -0.399 e. The Labute approximate surface area is 119 Å². The summed E-state index contributed by atoms with van der Waals surface area (Å²) in [5, 5.41) is 3.01. The molecule has 3 nitrogen and oxygen atoms in total. The second-order valence-corrected chi connectivity index (χ2v) is 5.18. The minimum absolute atomic E-state index is 0.0380. The lowest BCUT2D eigenvalue weighted by molar-refractivity contribution is 0.0939. The van der Waals surface area contributed by atoms with Gasteiger partial charge in [-0.05, 0) is 44.0 Å². The number of nitrogen functional groups attached to an aromatic ring is 1. The Morgan fingerprint density at radius 1 is 1.10 bits per heavy atom. The van der Waals surface area contributed by atoms with Gasteiger partial charge in [0.1, 0.15) is 0 Å². The van der Waals surface area contributed by atoms with Crippen LogP contribution in [0.1, 0.15) is 40.0 Å². The van der Waals surface area contributed by atoms with Crippen LogP contribution in [0.25, 0.3) is 0 Å². The molecule has 0 spiro atoms. The van der Waals surface area contributed by atoms with Crippen LogP contribution in [0.15, 0.2) is 42.5 Å². The Morgan fingerprint density at radius 3 is 2.40 bits per heavy atom. The SMILES string of the molecule is Cc1ccc(C(C)NC(=O)c2cc(N)ccc2C)cc1. The Bertz CT molecular complexity index is 617. The van der Waals surface area contributed by atoms with Crippen LogP contribution in [0.3, 0.4) is 0 Å². The molecule has 2 rings (SSSR count). The number of hydrogen-bond donors (Lipinski definition) is 2. The van der Waals surface area contributed by atoms with Gasteiger partial charge in [0.15, 0.2) is 0 Å². The van der Waals surface area contributed by atoms with E-state index >= 15 is 0 Å². The predicted molar refractivity (Wildman–Crippen MR) is 82.7 cm³/mol. The molecule has 2 aromatic rings. The van der Waals surface area contributed by atoms with Crippen molar-refractivity contribution in [3.05, 3.63) is 64.7 Å². The molecular weight excluding hydrogens is 248 g/mol. The van der Waals surface area contributed by atoms with Crippen LogP contribution in [0.2, 0.25) is 0 Å². The lowest BCUT2D eigenvalue weighted by atomic mass is 10.0. The monoisotopic (exact) mass is 268 g/mol. The average molecular weight is 268 g/mol. The molecule has 3 N–H and O–H groups in total. The Hall–Kier alpha value is -2.29. The number of benzene rings is 2. The normalized spacial score (nSPS) is 11.9. The lowest BCUT2D eigenvalue weighted by Gasteiger charge is -2.16. The van der Waals surface area contributed by atoms with E-state index in [1.54, 1.807) is 12.1 Å². The number of anilines is 1. The molecule has 0 aliphatic carbocycles. The van der Waals surface area contributed by atoms with Crippen molar-refractivity contribution in [2.75, 3.05) is 5.73 Å². The van der Waals surface area contributed by atoms with E-state index in [2.05, 4.69) is 5.32 Å². The number of carbonyl (C=O) groups is 1. The maximum absolute atomic E-state index is 12.3. The molecule has 0 aromatic heterocycles. The predicted octanol–water partition coefficient (Wildman–Crippen LogP) is 3.38. The number of hydrogen-bond acceptors (Lipinski definition) is 2. The Balaban J connectivity index is 2.15. The van der Waals surface area contributed by atoms with E-state index in [-0.39, 0.29) is 11.9 Å². The van der Waals surface area contributed by atoms with Gasteiger partial charge in [-0.15, -0.1) is 0 Å². The third-order valence-electron chi connectivity index (χ3n) is 3.43. The Kier molecular flexibility index (Phi) is 4.08. The molecule has 3 heteroatoms. The van der Waals surface area contributed by atoms with E-state index < -0.39 is 0 Å². The summed E-state index contributed by atoms with van der Waals surface area (Å²) in [5.74, 6) is -0.0946. The van der Waals surface area contributed by atoms with E-state index in [4.69, 9.17) is 5.73 Å². The minimum atomic E-state index is -0.0946. The third-order valence-corrected chi connectivity index (χ3v) is 3.43. The second-order valence-electron chi connectivity index (χ2n) is 5.18. The van der Waals surface area contributed by atoms with Crippen LogP contribution in [-0.2, 0) is 0 Å². The molecule has 104 valence electrons. The lowest BCUT2D eigenvalue weighted by Crippen LogP contribution is -2.27. The fraction of sp³-hybridized carbons (Fsp3) is 0.235. The number of rotatable bonds is 3. The van der Waals surface area contributed by atoms with Gasteiger partial charge < -0.3 is 11.1 Å². The van der Waals surface area contributed by atoms with Crippen molar-refractivity contribution in [1.29, 1.82) is 0 Å². The zero-order valence-corrected chi connectivity index (χ0v) is 12.1. The van der Waals surface area contributed by atoms with Crippen molar-refractivity contribution >= 4 is 11.6 Å². The molecule has 0 fully saturated rings. The van der Waals surface area contributed by atoms with E-state index in [9.17, 15) is 4.79 Å². The van der Waals surface area contributed by atoms with Crippen molar-refractivity contribution in [1.82, 2.24) is 5.32 Å². The first-order chi connectivity index (χ1) is 9.47. The highest BCUT2D eigenvalue weighted by molar-refractivity contribution is 5.96. The number of carbonyl (C=O) groups excluding carboxylic acids is 1. The van der Waals surface area contributed by atoms with E-state index in [0.717, 1.165) is 11.1 Å². The first-order valence-corrected chi connectivity index (χ1v) is 6.71. The first kappa shape index (κ1) is 14.1. The molecule has 0 heterocycles. The van der Waals surface area contributed by atoms with Gasteiger partial charge in [-0.1, -0.05) is 35.9 Å². The van der Waals surface area contributed by atoms with Gasteiger partial charge in [-0.2, -0.15) is 0 Å². The van der Waals surface area contributed by atoms with Crippen molar-refractivity contribution in [2.24, 2.45) is 0 Å². The maximum Gasteiger partial charge on any atom is 0.252 e. The number of amides is 1. The molecule has 2 aromatic carbocycles. The molecular formula is C17H20N2O. The molecule has 20 heavy (non-hydrogen) atoms. The van der Waals surface area contributed by atoms with Crippen molar-refractivity contribution in [3.63, 3.8) is 0 Å². The Morgan fingerprint density at radius 2 is 1.75 bits per heavy atom. The maximum atomic E-state index is 12.3. The number of aryl methyl sites for hydroxylation is 2. The molecule has 0 aliphatic heterocycles. The topological polar surface area (TPSA) is 55.1 Å². The van der Waals surface area contributed by atoms with Crippen molar-refractivity contribution in [2.45, 2.75) is 26.8 Å². The summed E-state index contributed by atoms with van der Waals surface area (Å²) in [6.07, 6.45) is 0. The summed E-state index contributed by atoms with van der Waals surface area (Å²) >= 11 is 0.